The molecule has 0 fully saturated rings. The average molecular weight is 385 g/mol. The smallest absolute Gasteiger partial charge is 0.303 e. The summed E-state index contributed by atoms with van der Waals surface area (Å²) < 4.78 is 1.93. The molecule has 27 heavy (non-hydrogen) atoms. The summed E-state index contributed by atoms with van der Waals surface area (Å²) in [5.74, 6) is -1.05. The molecule has 0 aliphatic carbocycles. The number of carboxylic acids is 1. The lowest BCUT2D eigenvalue weighted by Gasteiger charge is -2.25. The van der Waals surface area contributed by atoms with Crippen LogP contribution in [0.5, 0.6) is 0 Å². The molecule has 0 saturated carbocycles. The largest absolute Gasteiger partial charge is 0.481 e. The van der Waals surface area contributed by atoms with E-state index >= 15 is 0 Å². The van der Waals surface area contributed by atoms with Gasteiger partial charge in [-0.25, -0.2) is 0 Å². The predicted molar refractivity (Wildman–Crippen MR) is 106 cm³/mol. The fourth-order valence-corrected chi connectivity index (χ4v) is 4.00. The van der Waals surface area contributed by atoms with Crippen molar-refractivity contribution >= 4 is 33.4 Å². The summed E-state index contributed by atoms with van der Waals surface area (Å²) in [6.07, 6.45) is 0.393. The van der Waals surface area contributed by atoms with Gasteiger partial charge >= 0.3 is 5.97 Å². The Balaban J connectivity index is 1.81. The van der Waals surface area contributed by atoms with Crippen molar-refractivity contribution < 1.29 is 14.7 Å². The van der Waals surface area contributed by atoms with Crippen LogP contribution >= 0.6 is 11.3 Å². The van der Waals surface area contributed by atoms with Crippen molar-refractivity contribution in [3.63, 3.8) is 0 Å². The van der Waals surface area contributed by atoms with E-state index in [2.05, 4.69) is 22.5 Å². The lowest BCUT2D eigenvalue weighted by molar-refractivity contribution is -0.137. The Morgan fingerprint density at radius 3 is 2.63 bits per heavy atom. The van der Waals surface area contributed by atoms with E-state index in [1.54, 1.807) is 0 Å². The number of aryl methyl sites for hydroxylation is 1. The Morgan fingerprint density at radius 2 is 1.96 bits per heavy atom. The minimum Gasteiger partial charge on any atom is -0.481 e. The predicted octanol–water partition coefficient (Wildman–Crippen LogP) is 3.83. The lowest BCUT2D eigenvalue weighted by atomic mass is 9.98. The zero-order chi connectivity index (χ0) is 19.6. The molecule has 142 valence electrons. The molecule has 1 aromatic carbocycles. The van der Waals surface area contributed by atoms with E-state index < -0.39 is 11.5 Å². The Hall–Kier alpha value is -2.67. The highest BCUT2D eigenvalue weighted by atomic mass is 32.1. The molecular weight excluding hydrogens is 362 g/mol. The number of carbonyl (C=O) groups excluding carboxylic acids is 1. The quantitative estimate of drug-likeness (QED) is 0.647. The first-order valence-electron chi connectivity index (χ1n) is 8.80. The second-order valence-corrected chi connectivity index (χ2v) is 8.32. The van der Waals surface area contributed by atoms with Crippen LogP contribution in [-0.4, -0.2) is 32.3 Å². The van der Waals surface area contributed by atoms with E-state index in [1.165, 1.54) is 11.3 Å². The highest BCUT2D eigenvalue weighted by Crippen LogP contribution is 2.29. The van der Waals surface area contributed by atoms with Gasteiger partial charge in [-0.1, -0.05) is 30.3 Å². The van der Waals surface area contributed by atoms with E-state index in [0.29, 0.717) is 17.8 Å². The average Bonchev–Trinajstić information content (AvgIpc) is 3.16. The van der Waals surface area contributed by atoms with Gasteiger partial charge in [-0.3, -0.25) is 14.3 Å². The molecule has 2 N–H and O–H groups in total. The maximum atomic E-state index is 12.7. The van der Waals surface area contributed by atoms with E-state index in [4.69, 9.17) is 5.11 Å². The van der Waals surface area contributed by atoms with Gasteiger partial charge in [0.2, 0.25) is 0 Å². The number of carbonyl (C=O) groups is 2. The molecule has 3 rings (SSSR count). The number of fused-ring (bicyclic) bond motifs is 1. The molecule has 2 heterocycles. The Bertz CT molecular complexity index is 973. The summed E-state index contributed by atoms with van der Waals surface area (Å²) in [5, 5.41) is 17.4. The summed E-state index contributed by atoms with van der Waals surface area (Å²) in [6, 6.07) is 11.9. The van der Waals surface area contributed by atoms with Gasteiger partial charge in [0.1, 0.15) is 4.83 Å². The van der Waals surface area contributed by atoms with Crippen molar-refractivity contribution in [2.75, 3.05) is 0 Å². The molecule has 0 bridgehead atoms. The number of nitrogens with zero attached hydrogens (tertiary/aromatic N) is 2. The first-order valence-corrected chi connectivity index (χ1v) is 9.62. The SMILES string of the molecule is Cc1nn(Cc2ccccc2)c2sc(C(=O)NC(C)(C)CCC(=O)O)cc12. The van der Waals surface area contributed by atoms with Crippen molar-refractivity contribution in [2.45, 2.75) is 45.7 Å². The first-order chi connectivity index (χ1) is 12.7. The maximum Gasteiger partial charge on any atom is 0.303 e. The zero-order valence-electron chi connectivity index (χ0n) is 15.7. The minimum atomic E-state index is -0.865. The molecule has 0 radical (unpaired) electrons. The molecular formula is C20H23N3O3S. The fraction of sp³-hybridized carbons (Fsp3) is 0.350. The summed E-state index contributed by atoms with van der Waals surface area (Å²) in [6.45, 7) is 6.26. The van der Waals surface area contributed by atoms with Crippen LogP contribution in [0, 0.1) is 6.92 Å². The van der Waals surface area contributed by atoms with Crippen molar-refractivity contribution in [3.05, 3.63) is 52.5 Å². The van der Waals surface area contributed by atoms with Crippen LogP contribution in [0.2, 0.25) is 0 Å². The fourth-order valence-electron chi connectivity index (χ4n) is 2.94. The standard InChI is InChI=1S/C20H23N3O3S/c1-13-15-11-16(18(26)21-20(2,3)10-9-17(24)25)27-19(15)23(22-13)12-14-7-5-4-6-8-14/h4-8,11H,9-10,12H2,1-3H3,(H,21,26)(H,24,25). The van der Waals surface area contributed by atoms with Crippen molar-refractivity contribution in [1.29, 1.82) is 0 Å². The molecule has 3 aromatic rings. The van der Waals surface area contributed by atoms with Gasteiger partial charge in [-0.2, -0.15) is 5.10 Å². The number of benzene rings is 1. The highest BCUT2D eigenvalue weighted by molar-refractivity contribution is 7.20. The second-order valence-electron chi connectivity index (χ2n) is 7.29. The molecule has 0 unspecified atom stereocenters. The highest BCUT2D eigenvalue weighted by Gasteiger charge is 2.24. The Labute approximate surface area is 161 Å². The lowest BCUT2D eigenvalue weighted by Crippen LogP contribution is -2.43. The van der Waals surface area contributed by atoms with Crippen LogP contribution in [0.15, 0.2) is 36.4 Å². The van der Waals surface area contributed by atoms with Crippen molar-refractivity contribution in [3.8, 4) is 0 Å². The molecule has 6 nitrogen and oxygen atoms in total. The second kappa shape index (κ2) is 7.52. The van der Waals surface area contributed by atoms with Crippen LogP contribution < -0.4 is 5.32 Å². The van der Waals surface area contributed by atoms with Crippen LogP contribution in [0.1, 0.15) is 47.6 Å². The van der Waals surface area contributed by atoms with Gasteiger partial charge in [0.15, 0.2) is 0 Å². The molecule has 0 saturated heterocycles. The van der Waals surface area contributed by atoms with Gasteiger partial charge in [0.05, 0.1) is 17.1 Å². The topological polar surface area (TPSA) is 84.2 Å². The van der Waals surface area contributed by atoms with Gasteiger partial charge in [-0.05, 0) is 38.8 Å². The van der Waals surface area contributed by atoms with E-state index in [1.807, 2.05) is 49.7 Å². The molecule has 2 aromatic heterocycles. The molecule has 0 aliphatic heterocycles. The molecule has 0 spiro atoms. The molecule has 7 heteroatoms. The van der Waals surface area contributed by atoms with E-state index in [9.17, 15) is 9.59 Å². The molecule has 0 aliphatic rings. The number of hydrogen-bond acceptors (Lipinski definition) is 4. The van der Waals surface area contributed by atoms with Gasteiger partial charge in [-0.15, -0.1) is 11.3 Å². The third-order valence-corrected chi connectivity index (χ3v) is 5.57. The molecule has 0 atom stereocenters. The van der Waals surface area contributed by atoms with Crippen molar-refractivity contribution in [1.82, 2.24) is 15.1 Å². The number of nitrogens with one attached hydrogen (secondary N) is 1. The third kappa shape index (κ3) is 4.54. The Morgan fingerprint density at radius 1 is 1.26 bits per heavy atom. The van der Waals surface area contributed by atoms with Gasteiger partial charge in [0, 0.05) is 17.3 Å². The first kappa shape index (κ1) is 19.1. The minimum absolute atomic E-state index is 0.0187. The zero-order valence-corrected chi connectivity index (χ0v) is 16.5. The number of amides is 1. The molecule has 1 amide bonds. The van der Waals surface area contributed by atoms with E-state index in [-0.39, 0.29) is 12.3 Å². The monoisotopic (exact) mass is 385 g/mol. The summed E-state index contributed by atoms with van der Waals surface area (Å²) in [7, 11) is 0. The van der Waals surface area contributed by atoms with Gasteiger partial charge in [0.25, 0.3) is 5.91 Å². The number of carboxylic acid groups (broad SMARTS) is 1. The summed E-state index contributed by atoms with van der Waals surface area (Å²) >= 11 is 1.41. The number of hydrogen-bond donors (Lipinski definition) is 2. The number of aliphatic carboxylic acids is 1. The summed E-state index contributed by atoms with van der Waals surface area (Å²) in [5.41, 5.74) is 1.45. The van der Waals surface area contributed by atoms with Crippen LogP contribution in [0.4, 0.5) is 0 Å². The third-order valence-electron chi connectivity index (χ3n) is 4.42. The van der Waals surface area contributed by atoms with Gasteiger partial charge < -0.3 is 10.4 Å². The van der Waals surface area contributed by atoms with Crippen molar-refractivity contribution in [2.24, 2.45) is 0 Å². The summed E-state index contributed by atoms with van der Waals surface area (Å²) in [4.78, 5) is 25.0. The Kier molecular flexibility index (Phi) is 5.32. The van der Waals surface area contributed by atoms with Crippen LogP contribution in [0.25, 0.3) is 10.2 Å². The van der Waals surface area contributed by atoms with Crippen LogP contribution in [0.3, 0.4) is 0 Å². The normalized spacial score (nSPS) is 11.7. The number of aromatic nitrogens is 2. The number of thiophene rings is 1. The maximum absolute atomic E-state index is 12.7. The number of rotatable bonds is 7. The van der Waals surface area contributed by atoms with E-state index in [0.717, 1.165) is 21.5 Å². The van der Waals surface area contributed by atoms with Crippen LogP contribution in [-0.2, 0) is 11.3 Å².